The molecule has 7 heteroatoms. The predicted molar refractivity (Wildman–Crippen MR) is 95.8 cm³/mol. The molecule has 2 unspecified atom stereocenters. The summed E-state index contributed by atoms with van der Waals surface area (Å²) in [6.45, 7) is 1.93. The lowest BCUT2D eigenvalue weighted by atomic mass is 9.79. The third kappa shape index (κ3) is 3.22. The summed E-state index contributed by atoms with van der Waals surface area (Å²) in [6.07, 6.45) is -2.76. The van der Waals surface area contributed by atoms with Crippen LogP contribution in [0.5, 0.6) is 0 Å². The Kier molecular flexibility index (Phi) is 4.05. The Morgan fingerprint density at radius 3 is 2.63 bits per heavy atom. The zero-order chi connectivity index (χ0) is 19.3. The van der Waals surface area contributed by atoms with Gasteiger partial charge >= 0.3 is 6.18 Å². The summed E-state index contributed by atoms with van der Waals surface area (Å²) >= 11 is 0. The van der Waals surface area contributed by atoms with E-state index in [1.54, 1.807) is 6.07 Å². The molecule has 4 nitrogen and oxygen atoms in total. The number of hydrogen-bond acceptors (Lipinski definition) is 2. The molecular weight excluding hydrogens is 353 g/mol. The fourth-order valence-electron chi connectivity index (χ4n) is 4.37. The highest BCUT2D eigenvalue weighted by atomic mass is 19.4. The lowest BCUT2D eigenvalue weighted by Crippen LogP contribution is -2.15. The van der Waals surface area contributed by atoms with E-state index in [9.17, 15) is 13.2 Å². The molecule has 0 aromatic heterocycles. The average molecular weight is 372 g/mol. The van der Waals surface area contributed by atoms with E-state index < -0.39 is 11.7 Å². The van der Waals surface area contributed by atoms with Gasteiger partial charge in [0.25, 0.3) is 0 Å². The first-order chi connectivity index (χ1) is 12.8. The lowest BCUT2D eigenvalue weighted by Gasteiger charge is -2.26. The Labute approximate surface area is 154 Å². The molecule has 2 aliphatic rings. The summed E-state index contributed by atoms with van der Waals surface area (Å²) in [5.74, 6) is 5.93. The molecule has 0 radical (unpaired) electrons. The van der Waals surface area contributed by atoms with E-state index in [-0.39, 0.29) is 11.8 Å². The summed E-state index contributed by atoms with van der Waals surface area (Å²) in [4.78, 5) is 0. The van der Waals surface area contributed by atoms with Gasteiger partial charge in [-0.25, -0.2) is 0 Å². The molecule has 1 fully saturated rings. The number of nitrogens with one attached hydrogen (secondary N) is 1. The highest BCUT2D eigenvalue weighted by Crippen LogP contribution is 2.60. The minimum absolute atomic E-state index is 0.0228. The van der Waals surface area contributed by atoms with E-state index in [4.69, 9.17) is 11.3 Å². The molecule has 3 atom stereocenters. The molecule has 3 N–H and O–H groups in total. The zero-order valence-corrected chi connectivity index (χ0v) is 14.7. The normalized spacial score (nSPS) is 23.8. The van der Waals surface area contributed by atoms with Crippen molar-refractivity contribution in [2.75, 3.05) is 0 Å². The van der Waals surface area contributed by atoms with Crippen LogP contribution in [0.4, 0.5) is 13.2 Å². The van der Waals surface area contributed by atoms with Crippen molar-refractivity contribution in [3.05, 3.63) is 69.8 Å². The molecule has 2 aromatic carbocycles. The van der Waals surface area contributed by atoms with Crippen LogP contribution in [0, 0.1) is 18.3 Å². The van der Waals surface area contributed by atoms with Gasteiger partial charge in [-0.2, -0.15) is 13.2 Å². The highest BCUT2D eigenvalue weighted by Gasteiger charge is 2.49. The van der Waals surface area contributed by atoms with Gasteiger partial charge in [0.05, 0.1) is 5.56 Å². The Balaban J connectivity index is 1.71. The maximum Gasteiger partial charge on any atom is 0.416 e. The van der Waals surface area contributed by atoms with Crippen LogP contribution in [0.2, 0.25) is 0 Å². The molecule has 140 valence electrons. The van der Waals surface area contributed by atoms with Crippen molar-refractivity contribution in [2.24, 2.45) is 22.1 Å². The average Bonchev–Trinajstić information content (AvgIpc) is 3.40. The molecule has 0 spiro atoms. The smallest absolute Gasteiger partial charge is 0.305 e. The number of benzene rings is 2. The largest absolute Gasteiger partial charge is 0.416 e. The standard InChI is InChI=1S/C20H19F3N4/c1-10-4-11(6-13(5-10)19(24)26-27-25)16-8-12-7-14(20(21,22)23)2-3-15(12)17-9-18(16)17/h2-7,16-18H,8-9H2,1H3,(H3,24,25,26)/t16-,17?,18?/m1/s1. The second-order valence-electron chi connectivity index (χ2n) is 7.42. The Morgan fingerprint density at radius 2 is 1.93 bits per heavy atom. The van der Waals surface area contributed by atoms with Crippen LogP contribution in [0.25, 0.3) is 0 Å². The van der Waals surface area contributed by atoms with Crippen molar-refractivity contribution >= 4 is 5.84 Å². The molecule has 2 aliphatic carbocycles. The number of fused-ring (bicyclic) bond motifs is 3. The van der Waals surface area contributed by atoms with Gasteiger partial charge in [-0.1, -0.05) is 22.9 Å². The van der Waals surface area contributed by atoms with Crippen molar-refractivity contribution in [3.63, 3.8) is 0 Å². The van der Waals surface area contributed by atoms with Crippen molar-refractivity contribution < 1.29 is 13.2 Å². The predicted octanol–water partition coefficient (Wildman–Crippen LogP) is 5.11. The summed E-state index contributed by atoms with van der Waals surface area (Å²) in [5.41, 5.74) is 3.89. The van der Waals surface area contributed by atoms with Gasteiger partial charge in [-0.15, -0.1) is 5.11 Å². The molecule has 0 saturated heterocycles. The van der Waals surface area contributed by atoms with Gasteiger partial charge in [0, 0.05) is 5.56 Å². The summed E-state index contributed by atoms with van der Waals surface area (Å²) < 4.78 is 39.3. The number of rotatable bonds is 2. The van der Waals surface area contributed by atoms with Crippen LogP contribution >= 0.6 is 0 Å². The minimum atomic E-state index is -4.33. The van der Waals surface area contributed by atoms with Crippen molar-refractivity contribution in [1.29, 1.82) is 5.41 Å². The number of aryl methyl sites for hydroxylation is 1. The Hall–Kier alpha value is -2.70. The van der Waals surface area contributed by atoms with Gasteiger partial charge < -0.3 is 5.84 Å². The highest BCUT2D eigenvalue weighted by molar-refractivity contribution is 5.97. The number of hydrogen-bond donors (Lipinski definition) is 2. The van der Waals surface area contributed by atoms with Gasteiger partial charge in [-0.05, 0) is 78.5 Å². The quantitative estimate of drug-likeness (QED) is 0.248. The molecule has 0 amide bonds. The molecule has 4 rings (SSSR count). The van der Waals surface area contributed by atoms with E-state index in [1.807, 2.05) is 19.1 Å². The van der Waals surface area contributed by atoms with Crippen LogP contribution in [0.15, 0.2) is 46.7 Å². The van der Waals surface area contributed by atoms with Gasteiger partial charge in [-0.3, -0.25) is 5.41 Å². The van der Waals surface area contributed by atoms with E-state index in [2.05, 4.69) is 16.4 Å². The fourth-order valence-corrected chi connectivity index (χ4v) is 4.37. The van der Waals surface area contributed by atoms with Crippen LogP contribution in [-0.2, 0) is 12.6 Å². The molecule has 0 heterocycles. The molecule has 0 bridgehead atoms. The van der Waals surface area contributed by atoms with Crippen molar-refractivity contribution in [3.8, 4) is 0 Å². The molecule has 0 aliphatic heterocycles. The Bertz CT molecular complexity index is 949. The van der Waals surface area contributed by atoms with E-state index in [1.165, 1.54) is 12.1 Å². The second-order valence-corrected chi connectivity index (χ2v) is 7.42. The van der Waals surface area contributed by atoms with Crippen LogP contribution in [-0.4, -0.2) is 5.84 Å². The second kappa shape index (κ2) is 6.18. The first kappa shape index (κ1) is 17.7. The summed E-state index contributed by atoms with van der Waals surface area (Å²) in [7, 11) is 0. The van der Waals surface area contributed by atoms with Crippen LogP contribution < -0.4 is 5.84 Å². The molecular formula is C20H19F3N4. The lowest BCUT2D eigenvalue weighted by molar-refractivity contribution is -0.137. The van der Waals surface area contributed by atoms with E-state index >= 15 is 0 Å². The van der Waals surface area contributed by atoms with E-state index in [0.717, 1.165) is 28.7 Å². The maximum atomic E-state index is 13.1. The SMILES string of the molecule is Cc1cc(C(=N)N=NN)cc([C@H]2Cc3cc(C(F)(F)F)ccc3C3CC32)c1. The number of halogens is 3. The fraction of sp³-hybridized carbons (Fsp3) is 0.350. The summed E-state index contributed by atoms with van der Waals surface area (Å²) in [5, 5.41) is 14.7. The number of alkyl halides is 3. The zero-order valence-electron chi connectivity index (χ0n) is 14.7. The minimum Gasteiger partial charge on any atom is -0.305 e. The summed E-state index contributed by atoms with van der Waals surface area (Å²) in [6, 6.07) is 9.93. The topological polar surface area (TPSA) is 74.6 Å². The van der Waals surface area contributed by atoms with Gasteiger partial charge in [0.2, 0.25) is 0 Å². The number of amidine groups is 1. The van der Waals surface area contributed by atoms with Gasteiger partial charge in [0.1, 0.15) is 0 Å². The maximum absolute atomic E-state index is 13.1. The Morgan fingerprint density at radius 1 is 1.15 bits per heavy atom. The van der Waals surface area contributed by atoms with Crippen molar-refractivity contribution in [2.45, 2.75) is 37.8 Å². The van der Waals surface area contributed by atoms with Crippen LogP contribution in [0.1, 0.15) is 51.6 Å². The monoisotopic (exact) mass is 372 g/mol. The number of nitrogens with two attached hydrogens (primary N) is 1. The number of nitrogens with zero attached hydrogens (tertiary/aromatic N) is 2. The molecule has 1 saturated carbocycles. The van der Waals surface area contributed by atoms with Crippen molar-refractivity contribution in [1.82, 2.24) is 0 Å². The third-order valence-corrected chi connectivity index (χ3v) is 5.63. The molecule has 27 heavy (non-hydrogen) atoms. The first-order valence-electron chi connectivity index (χ1n) is 8.79. The molecule has 2 aromatic rings. The first-order valence-corrected chi connectivity index (χ1v) is 8.79. The third-order valence-electron chi connectivity index (χ3n) is 5.63. The van der Waals surface area contributed by atoms with Gasteiger partial charge in [0.15, 0.2) is 5.84 Å². The van der Waals surface area contributed by atoms with E-state index in [0.29, 0.717) is 23.8 Å². The van der Waals surface area contributed by atoms with Crippen LogP contribution in [0.3, 0.4) is 0 Å².